The van der Waals surface area contributed by atoms with E-state index in [2.05, 4.69) is 0 Å². The lowest BCUT2D eigenvalue weighted by atomic mass is 10.3. The summed E-state index contributed by atoms with van der Waals surface area (Å²) in [6.07, 6.45) is 3.27. The van der Waals surface area contributed by atoms with Gasteiger partial charge in [0.05, 0.1) is 12.4 Å². The molecule has 76 valence electrons. The second-order valence-electron chi connectivity index (χ2n) is 2.52. The third-order valence-corrected chi connectivity index (χ3v) is 1.94. The molecule has 0 radical (unpaired) electrons. The summed E-state index contributed by atoms with van der Waals surface area (Å²) >= 11 is 15.9. The zero-order valence-electron chi connectivity index (χ0n) is 7.39. The minimum Gasteiger partial charge on any atom is -0.498 e. The Labute approximate surface area is 92.8 Å². The number of carbonyl (C=O) groups is 1. The van der Waals surface area contributed by atoms with E-state index in [4.69, 9.17) is 39.5 Å². The molecule has 0 aromatic carbocycles. The largest absolute Gasteiger partial charge is 0.498 e. The van der Waals surface area contributed by atoms with Crippen LogP contribution in [-0.4, -0.2) is 15.7 Å². The van der Waals surface area contributed by atoms with Crippen LogP contribution < -0.4 is 0 Å². The first-order valence-corrected chi connectivity index (χ1v) is 4.94. The maximum absolute atomic E-state index is 11.0. The first kappa shape index (κ1) is 13.1. The Bertz CT molecular complexity index is 196. The number of ketones is 1. The Morgan fingerprint density at radius 3 is 2.46 bits per heavy atom. The summed E-state index contributed by atoms with van der Waals surface area (Å²) in [6.45, 7) is 3.85. The van der Waals surface area contributed by atoms with Gasteiger partial charge in [-0.05, 0) is 13.3 Å². The number of alkyl halides is 3. The van der Waals surface area contributed by atoms with Gasteiger partial charge in [-0.25, -0.2) is 0 Å². The molecule has 0 aliphatic rings. The van der Waals surface area contributed by atoms with Gasteiger partial charge in [-0.1, -0.05) is 41.7 Å². The number of carbonyl (C=O) groups excluding carboxylic acids is 1. The van der Waals surface area contributed by atoms with Crippen LogP contribution in [0.15, 0.2) is 12.3 Å². The standard InChI is InChI=1S/C8H11Cl3O2/c1-3-6(2)13-5-4-7(12)8(9,10)11/h4-6H,3H2,1-2H3/b5-4+. The Kier molecular flexibility index (Phi) is 5.77. The highest BCUT2D eigenvalue weighted by molar-refractivity contribution is 6.77. The van der Waals surface area contributed by atoms with Crippen molar-refractivity contribution in [1.29, 1.82) is 0 Å². The number of hydrogen-bond donors (Lipinski definition) is 0. The summed E-state index contributed by atoms with van der Waals surface area (Å²) in [6, 6.07) is 0. The van der Waals surface area contributed by atoms with Crippen LogP contribution in [0.3, 0.4) is 0 Å². The molecule has 0 aliphatic carbocycles. The molecular weight excluding hydrogens is 234 g/mol. The van der Waals surface area contributed by atoms with Crippen LogP contribution in [0.2, 0.25) is 0 Å². The van der Waals surface area contributed by atoms with Crippen molar-refractivity contribution >= 4 is 40.6 Å². The van der Waals surface area contributed by atoms with Gasteiger partial charge in [0.15, 0.2) is 0 Å². The molecule has 0 aromatic heterocycles. The average Bonchev–Trinajstić information content (AvgIpc) is 2.02. The van der Waals surface area contributed by atoms with E-state index in [0.717, 1.165) is 12.5 Å². The zero-order chi connectivity index (χ0) is 10.5. The highest BCUT2D eigenvalue weighted by Crippen LogP contribution is 2.27. The Hall–Kier alpha value is 0.0800. The molecule has 0 aliphatic heterocycles. The molecule has 0 amide bonds. The molecule has 5 heteroatoms. The van der Waals surface area contributed by atoms with Gasteiger partial charge < -0.3 is 4.74 Å². The maximum Gasteiger partial charge on any atom is 0.252 e. The van der Waals surface area contributed by atoms with Crippen LogP contribution in [0, 0.1) is 0 Å². The summed E-state index contributed by atoms with van der Waals surface area (Å²) in [5.74, 6) is -0.610. The second-order valence-corrected chi connectivity index (χ2v) is 4.80. The van der Waals surface area contributed by atoms with E-state index in [1.54, 1.807) is 0 Å². The lowest BCUT2D eigenvalue weighted by Gasteiger charge is -2.08. The Balaban J connectivity index is 3.93. The van der Waals surface area contributed by atoms with Crippen molar-refractivity contribution in [2.45, 2.75) is 30.2 Å². The van der Waals surface area contributed by atoms with E-state index >= 15 is 0 Å². The van der Waals surface area contributed by atoms with Crippen LogP contribution in [0.1, 0.15) is 20.3 Å². The van der Waals surface area contributed by atoms with Crippen molar-refractivity contribution in [2.75, 3.05) is 0 Å². The summed E-state index contributed by atoms with van der Waals surface area (Å²) in [5.41, 5.74) is 0. The SMILES string of the molecule is CCC(C)O/C=C/C(=O)C(Cl)(Cl)Cl. The molecule has 13 heavy (non-hydrogen) atoms. The summed E-state index contributed by atoms with van der Waals surface area (Å²) in [7, 11) is 0. The van der Waals surface area contributed by atoms with Gasteiger partial charge in [0.25, 0.3) is 3.79 Å². The molecule has 0 saturated carbocycles. The third-order valence-electron chi connectivity index (χ3n) is 1.38. The molecule has 0 N–H and O–H groups in total. The lowest BCUT2D eigenvalue weighted by molar-refractivity contribution is -0.113. The van der Waals surface area contributed by atoms with Crippen LogP contribution in [0.25, 0.3) is 0 Å². The van der Waals surface area contributed by atoms with Crippen LogP contribution in [0.4, 0.5) is 0 Å². The molecule has 2 nitrogen and oxygen atoms in total. The van der Waals surface area contributed by atoms with E-state index in [0.29, 0.717) is 0 Å². The molecular formula is C8H11Cl3O2. The third kappa shape index (κ3) is 6.19. The van der Waals surface area contributed by atoms with Crippen molar-refractivity contribution in [3.05, 3.63) is 12.3 Å². The van der Waals surface area contributed by atoms with E-state index in [9.17, 15) is 4.79 Å². The van der Waals surface area contributed by atoms with Crippen LogP contribution in [0.5, 0.6) is 0 Å². The molecule has 0 spiro atoms. The van der Waals surface area contributed by atoms with E-state index in [1.807, 2.05) is 13.8 Å². The number of ether oxygens (including phenoxy) is 1. The summed E-state index contributed by atoms with van der Waals surface area (Å²) in [5, 5.41) is 0. The average molecular weight is 246 g/mol. The van der Waals surface area contributed by atoms with Gasteiger partial charge in [0.1, 0.15) is 0 Å². The number of hydrogen-bond acceptors (Lipinski definition) is 2. The molecule has 0 saturated heterocycles. The van der Waals surface area contributed by atoms with Gasteiger partial charge in [-0.15, -0.1) is 0 Å². The predicted octanol–water partition coefficient (Wildman–Crippen LogP) is 3.25. The normalized spacial score (nSPS) is 14.5. The van der Waals surface area contributed by atoms with Gasteiger partial charge in [-0.3, -0.25) is 4.79 Å². The van der Waals surface area contributed by atoms with Gasteiger partial charge in [0.2, 0.25) is 5.78 Å². The fraction of sp³-hybridized carbons (Fsp3) is 0.625. The molecule has 1 unspecified atom stereocenters. The van der Waals surface area contributed by atoms with Gasteiger partial charge >= 0.3 is 0 Å². The molecule has 0 bridgehead atoms. The molecule has 0 rings (SSSR count). The Morgan fingerprint density at radius 1 is 1.54 bits per heavy atom. The Morgan fingerprint density at radius 2 is 2.08 bits per heavy atom. The monoisotopic (exact) mass is 244 g/mol. The summed E-state index contributed by atoms with van der Waals surface area (Å²) in [4.78, 5) is 11.0. The van der Waals surface area contributed by atoms with Crippen molar-refractivity contribution in [3.63, 3.8) is 0 Å². The summed E-state index contributed by atoms with van der Waals surface area (Å²) < 4.78 is 3.19. The van der Waals surface area contributed by atoms with Crippen LogP contribution in [-0.2, 0) is 9.53 Å². The van der Waals surface area contributed by atoms with Crippen molar-refractivity contribution in [3.8, 4) is 0 Å². The fourth-order valence-corrected chi connectivity index (χ4v) is 0.615. The molecule has 0 aromatic rings. The highest BCUT2D eigenvalue weighted by atomic mass is 35.6. The number of rotatable bonds is 4. The quantitative estimate of drug-likeness (QED) is 0.432. The highest BCUT2D eigenvalue weighted by Gasteiger charge is 2.27. The maximum atomic E-state index is 11.0. The van der Waals surface area contributed by atoms with E-state index < -0.39 is 9.58 Å². The fourth-order valence-electron chi connectivity index (χ4n) is 0.426. The van der Waals surface area contributed by atoms with Crippen LogP contribution >= 0.6 is 34.8 Å². The first-order chi connectivity index (χ1) is 5.88. The van der Waals surface area contributed by atoms with Gasteiger partial charge in [-0.2, -0.15) is 0 Å². The predicted molar refractivity (Wildman–Crippen MR) is 55.3 cm³/mol. The van der Waals surface area contributed by atoms with Crippen molar-refractivity contribution < 1.29 is 9.53 Å². The molecule has 0 fully saturated rings. The lowest BCUT2D eigenvalue weighted by Crippen LogP contribution is -2.16. The topological polar surface area (TPSA) is 26.3 Å². The minimum atomic E-state index is -1.89. The number of halogens is 3. The van der Waals surface area contributed by atoms with Crippen molar-refractivity contribution in [1.82, 2.24) is 0 Å². The minimum absolute atomic E-state index is 0.0550. The second kappa shape index (κ2) is 5.74. The molecule has 0 heterocycles. The zero-order valence-corrected chi connectivity index (χ0v) is 9.66. The van der Waals surface area contributed by atoms with Crippen molar-refractivity contribution in [2.24, 2.45) is 0 Å². The molecule has 1 atom stereocenters. The van der Waals surface area contributed by atoms with Gasteiger partial charge in [0, 0.05) is 6.08 Å². The van der Waals surface area contributed by atoms with E-state index in [1.165, 1.54) is 6.26 Å². The number of allylic oxidation sites excluding steroid dienone is 1. The first-order valence-electron chi connectivity index (χ1n) is 3.81. The smallest absolute Gasteiger partial charge is 0.252 e. The van der Waals surface area contributed by atoms with E-state index in [-0.39, 0.29) is 6.10 Å².